The van der Waals surface area contributed by atoms with Crippen LogP contribution in [0.15, 0.2) is 12.3 Å². The van der Waals surface area contributed by atoms with Crippen molar-refractivity contribution in [2.45, 2.75) is 32.3 Å². The minimum atomic E-state index is -0.735. The maximum absolute atomic E-state index is 10.2. The quantitative estimate of drug-likeness (QED) is 0.662. The van der Waals surface area contributed by atoms with Crippen LogP contribution in [0.4, 0.5) is 5.69 Å². The summed E-state index contributed by atoms with van der Waals surface area (Å²) in [6.45, 7) is 3.92. The summed E-state index contributed by atoms with van der Waals surface area (Å²) in [7, 11) is 0. The Kier molecular flexibility index (Phi) is 5.10. The molecule has 0 radical (unpaired) electrons. The molecule has 2 heterocycles. The SMILES string of the molecule is C#CCC(O)c1cnc(Cl)cc1N1CCC(C)(CO)CC1. The van der Waals surface area contributed by atoms with Crippen LogP contribution < -0.4 is 4.90 Å². The summed E-state index contributed by atoms with van der Waals surface area (Å²) in [6.07, 6.45) is 8.18. The average Bonchev–Trinajstić information content (AvgIpc) is 2.48. The third-order valence-electron chi connectivity index (χ3n) is 4.24. The van der Waals surface area contributed by atoms with Gasteiger partial charge in [-0.15, -0.1) is 12.3 Å². The topological polar surface area (TPSA) is 56.6 Å². The van der Waals surface area contributed by atoms with Gasteiger partial charge in [0.05, 0.1) is 6.10 Å². The van der Waals surface area contributed by atoms with Crippen molar-refractivity contribution in [3.63, 3.8) is 0 Å². The number of aliphatic hydroxyl groups is 2. The Hall–Kier alpha value is -1.28. The minimum absolute atomic E-state index is 0.0229. The summed E-state index contributed by atoms with van der Waals surface area (Å²) in [5.74, 6) is 2.47. The molecule has 0 aliphatic carbocycles. The van der Waals surface area contributed by atoms with Gasteiger partial charge in [-0.1, -0.05) is 18.5 Å². The van der Waals surface area contributed by atoms with E-state index >= 15 is 0 Å². The van der Waals surface area contributed by atoms with Gasteiger partial charge in [-0.25, -0.2) is 4.98 Å². The highest BCUT2D eigenvalue weighted by Gasteiger charge is 2.30. The van der Waals surface area contributed by atoms with Crippen LogP contribution in [-0.4, -0.2) is 34.9 Å². The molecule has 1 fully saturated rings. The lowest BCUT2D eigenvalue weighted by atomic mass is 9.81. The second kappa shape index (κ2) is 6.65. The second-order valence-corrected chi connectivity index (χ2v) is 6.33. The molecule has 1 unspecified atom stereocenters. The number of halogens is 1. The molecule has 114 valence electrons. The molecule has 0 amide bonds. The van der Waals surface area contributed by atoms with E-state index in [0.717, 1.165) is 31.6 Å². The van der Waals surface area contributed by atoms with Gasteiger partial charge in [0, 0.05) is 43.6 Å². The van der Waals surface area contributed by atoms with Crippen molar-refractivity contribution in [1.29, 1.82) is 0 Å². The van der Waals surface area contributed by atoms with Crippen LogP contribution in [-0.2, 0) is 0 Å². The summed E-state index contributed by atoms with van der Waals surface area (Å²) in [5.41, 5.74) is 1.58. The smallest absolute Gasteiger partial charge is 0.131 e. The highest BCUT2D eigenvalue weighted by molar-refractivity contribution is 6.29. The molecule has 5 heteroatoms. The minimum Gasteiger partial charge on any atom is -0.396 e. The molecular formula is C16H21ClN2O2. The van der Waals surface area contributed by atoms with Gasteiger partial charge in [0.2, 0.25) is 0 Å². The lowest BCUT2D eigenvalue weighted by Gasteiger charge is -2.40. The van der Waals surface area contributed by atoms with Gasteiger partial charge in [0.15, 0.2) is 0 Å². The van der Waals surface area contributed by atoms with E-state index < -0.39 is 6.10 Å². The van der Waals surface area contributed by atoms with Crippen LogP contribution in [0.2, 0.25) is 5.15 Å². The fourth-order valence-corrected chi connectivity index (χ4v) is 2.78. The summed E-state index contributed by atoms with van der Waals surface area (Å²) in [5, 5.41) is 20.0. The van der Waals surface area contributed by atoms with Crippen molar-refractivity contribution < 1.29 is 10.2 Å². The number of anilines is 1. The van der Waals surface area contributed by atoms with Crippen LogP contribution in [0, 0.1) is 17.8 Å². The lowest BCUT2D eigenvalue weighted by molar-refractivity contribution is 0.114. The maximum Gasteiger partial charge on any atom is 0.131 e. The van der Waals surface area contributed by atoms with E-state index in [0.29, 0.717) is 10.7 Å². The summed E-state index contributed by atoms with van der Waals surface area (Å²) in [4.78, 5) is 6.23. The van der Waals surface area contributed by atoms with Crippen molar-refractivity contribution in [3.05, 3.63) is 23.0 Å². The van der Waals surface area contributed by atoms with E-state index in [-0.39, 0.29) is 18.4 Å². The number of piperidine rings is 1. The predicted molar refractivity (Wildman–Crippen MR) is 84.3 cm³/mol. The first-order chi connectivity index (χ1) is 9.99. The van der Waals surface area contributed by atoms with Crippen LogP contribution >= 0.6 is 11.6 Å². The molecule has 1 aliphatic heterocycles. The molecule has 4 nitrogen and oxygen atoms in total. The van der Waals surface area contributed by atoms with Gasteiger partial charge < -0.3 is 15.1 Å². The third-order valence-corrected chi connectivity index (χ3v) is 4.45. The van der Waals surface area contributed by atoms with Crippen LogP contribution in [0.3, 0.4) is 0 Å². The van der Waals surface area contributed by atoms with Crippen molar-refractivity contribution in [2.75, 3.05) is 24.6 Å². The summed E-state index contributed by atoms with van der Waals surface area (Å²) < 4.78 is 0. The van der Waals surface area contributed by atoms with E-state index in [4.69, 9.17) is 18.0 Å². The number of aliphatic hydroxyl groups excluding tert-OH is 2. The van der Waals surface area contributed by atoms with Crippen molar-refractivity contribution >= 4 is 17.3 Å². The molecule has 1 atom stereocenters. The molecule has 21 heavy (non-hydrogen) atoms. The first-order valence-corrected chi connectivity index (χ1v) is 7.50. The summed E-state index contributed by atoms with van der Waals surface area (Å²) >= 11 is 6.00. The van der Waals surface area contributed by atoms with Gasteiger partial charge in [-0.2, -0.15) is 0 Å². The maximum atomic E-state index is 10.2. The molecule has 2 N–H and O–H groups in total. The largest absolute Gasteiger partial charge is 0.396 e. The normalized spacial score (nSPS) is 19.1. The highest BCUT2D eigenvalue weighted by Crippen LogP contribution is 2.36. The number of terminal acetylenes is 1. The molecule has 0 aromatic carbocycles. The van der Waals surface area contributed by atoms with E-state index in [2.05, 4.69) is 22.7 Å². The number of aromatic nitrogens is 1. The van der Waals surface area contributed by atoms with E-state index in [1.54, 1.807) is 12.3 Å². The summed E-state index contributed by atoms with van der Waals surface area (Å²) in [6, 6.07) is 1.78. The predicted octanol–water partition coefficient (Wildman–Crippen LogP) is 2.39. The van der Waals surface area contributed by atoms with Crippen molar-refractivity contribution in [2.24, 2.45) is 5.41 Å². The number of pyridine rings is 1. The molecule has 1 saturated heterocycles. The number of hydrogen-bond acceptors (Lipinski definition) is 4. The number of rotatable bonds is 4. The first kappa shape index (κ1) is 16.1. The molecule has 0 saturated carbocycles. The van der Waals surface area contributed by atoms with Crippen molar-refractivity contribution in [1.82, 2.24) is 4.98 Å². The monoisotopic (exact) mass is 308 g/mol. The van der Waals surface area contributed by atoms with E-state index in [1.807, 2.05) is 0 Å². The lowest BCUT2D eigenvalue weighted by Crippen LogP contribution is -2.41. The molecule has 1 aliphatic rings. The highest BCUT2D eigenvalue weighted by atomic mass is 35.5. The van der Waals surface area contributed by atoms with Gasteiger partial charge >= 0.3 is 0 Å². The molecule has 0 bridgehead atoms. The molecule has 1 aromatic rings. The van der Waals surface area contributed by atoms with Gasteiger partial charge in [-0.3, -0.25) is 0 Å². The number of hydrogen-bond donors (Lipinski definition) is 2. The zero-order valence-electron chi connectivity index (χ0n) is 12.2. The molecular weight excluding hydrogens is 288 g/mol. The Morgan fingerprint density at radius 3 is 2.76 bits per heavy atom. The third kappa shape index (κ3) is 3.68. The zero-order chi connectivity index (χ0) is 15.5. The Morgan fingerprint density at radius 1 is 1.52 bits per heavy atom. The van der Waals surface area contributed by atoms with Crippen LogP contribution in [0.25, 0.3) is 0 Å². The Morgan fingerprint density at radius 2 is 2.19 bits per heavy atom. The molecule has 2 rings (SSSR count). The van der Waals surface area contributed by atoms with E-state index in [1.165, 1.54) is 0 Å². The molecule has 0 spiro atoms. The van der Waals surface area contributed by atoms with Gasteiger partial charge in [0.25, 0.3) is 0 Å². The Bertz CT molecular complexity index is 534. The van der Waals surface area contributed by atoms with Crippen molar-refractivity contribution in [3.8, 4) is 12.3 Å². The van der Waals surface area contributed by atoms with Gasteiger partial charge in [-0.05, 0) is 24.3 Å². The number of nitrogens with zero attached hydrogens (tertiary/aromatic N) is 2. The van der Waals surface area contributed by atoms with Crippen LogP contribution in [0.5, 0.6) is 0 Å². The first-order valence-electron chi connectivity index (χ1n) is 7.12. The Labute approximate surface area is 130 Å². The average molecular weight is 309 g/mol. The molecule has 1 aromatic heterocycles. The Balaban J connectivity index is 2.23. The van der Waals surface area contributed by atoms with Gasteiger partial charge in [0.1, 0.15) is 5.15 Å². The fraction of sp³-hybridized carbons (Fsp3) is 0.562. The van der Waals surface area contributed by atoms with E-state index in [9.17, 15) is 10.2 Å². The standard InChI is InChI=1S/C16H21ClN2O2/c1-3-4-14(21)12-10-18-15(17)9-13(12)19-7-5-16(2,11-20)6-8-19/h1,9-10,14,20-21H,4-8,11H2,2H3. The van der Waals surface area contributed by atoms with Crippen LogP contribution in [0.1, 0.15) is 37.9 Å². The second-order valence-electron chi connectivity index (χ2n) is 5.95. The fourth-order valence-electron chi connectivity index (χ4n) is 2.63. The zero-order valence-corrected chi connectivity index (χ0v) is 13.0.